The summed E-state index contributed by atoms with van der Waals surface area (Å²) in [7, 11) is 0. The highest BCUT2D eigenvalue weighted by Crippen LogP contribution is 2.15. The largest absolute Gasteiger partial charge is 0.444 e. The molecule has 15 nitrogen and oxygen atoms in total. The number of hydrogen-bond donors (Lipinski definition) is 6. The topological polar surface area (TPSA) is 218 Å². The Labute approximate surface area is 307 Å². The number of nitrogens with zero attached hydrogens (tertiary/aromatic N) is 1. The Kier molecular flexibility index (Phi) is 16.6. The number of ether oxygens (including phenoxy) is 1. The molecule has 8 amide bonds. The molecule has 2 atom stereocenters. The van der Waals surface area contributed by atoms with Crippen molar-refractivity contribution in [1.82, 2.24) is 20.9 Å². The third-order valence-corrected chi connectivity index (χ3v) is 8.31. The average Bonchev–Trinajstić information content (AvgIpc) is 3.43. The van der Waals surface area contributed by atoms with Crippen LogP contribution in [-0.2, 0) is 41.2 Å². The average molecular weight is 740 g/mol. The van der Waals surface area contributed by atoms with Crippen molar-refractivity contribution in [2.75, 3.05) is 23.7 Å². The van der Waals surface area contributed by atoms with Crippen molar-refractivity contribution in [1.29, 1.82) is 0 Å². The minimum Gasteiger partial charge on any atom is -0.444 e. The van der Waals surface area contributed by atoms with Gasteiger partial charge in [0.25, 0.3) is 11.8 Å². The molecule has 3 rings (SSSR count). The SMILES string of the molecule is CC(C)[C@H](NC(=O)CCCCCN1C(=O)C=CC1=O)C(=O)N[C@@H](CCCNC(N)=O)C(=O)Nc1ccc(COC(=O)Nc2ccc(CCl)cc2)cc1. The van der Waals surface area contributed by atoms with Gasteiger partial charge >= 0.3 is 12.1 Å². The summed E-state index contributed by atoms with van der Waals surface area (Å²) in [6.07, 6.45) is 4.05. The van der Waals surface area contributed by atoms with Crippen molar-refractivity contribution in [2.24, 2.45) is 11.7 Å². The molecule has 1 heterocycles. The van der Waals surface area contributed by atoms with Gasteiger partial charge in [0, 0.05) is 48.9 Å². The minimum absolute atomic E-state index is 0.0218. The van der Waals surface area contributed by atoms with Crippen LogP contribution in [0.3, 0.4) is 0 Å². The van der Waals surface area contributed by atoms with Gasteiger partial charge in [0.15, 0.2) is 0 Å². The van der Waals surface area contributed by atoms with Crippen molar-refractivity contribution in [3.8, 4) is 0 Å². The molecule has 16 heteroatoms. The van der Waals surface area contributed by atoms with Crippen molar-refractivity contribution in [3.63, 3.8) is 0 Å². The number of benzene rings is 2. The highest BCUT2D eigenvalue weighted by molar-refractivity contribution is 6.17. The number of amides is 8. The van der Waals surface area contributed by atoms with E-state index >= 15 is 0 Å². The van der Waals surface area contributed by atoms with Crippen LogP contribution in [0.4, 0.5) is 21.0 Å². The third-order valence-electron chi connectivity index (χ3n) is 8.00. The number of imide groups is 1. The fourth-order valence-corrected chi connectivity index (χ4v) is 5.28. The summed E-state index contributed by atoms with van der Waals surface area (Å²) < 4.78 is 5.29. The second-order valence-electron chi connectivity index (χ2n) is 12.5. The van der Waals surface area contributed by atoms with Crippen LogP contribution >= 0.6 is 11.6 Å². The zero-order chi connectivity index (χ0) is 38.0. The lowest BCUT2D eigenvalue weighted by molar-refractivity contribution is -0.137. The summed E-state index contributed by atoms with van der Waals surface area (Å²) in [5.74, 6) is -2.06. The smallest absolute Gasteiger partial charge is 0.411 e. The number of unbranched alkanes of at least 4 members (excludes halogenated alkanes) is 2. The normalized spacial score (nSPS) is 13.3. The van der Waals surface area contributed by atoms with Gasteiger partial charge in [-0.1, -0.05) is 44.5 Å². The lowest BCUT2D eigenvalue weighted by Crippen LogP contribution is -2.54. The Hall–Kier alpha value is -5.44. The van der Waals surface area contributed by atoms with Gasteiger partial charge in [-0.05, 0) is 67.0 Å². The molecule has 1 aliphatic rings. The van der Waals surface area contributed by atoms with E-state index in [1.165, 1.54) is 12.2 Å². The molecule has 2 aromatic carbocycles. The number of anilines is 2. The van der Waals surface area contributed by atoms with E-state index in [1.54, 1.807) is 62.4 Å². The summed E-state index contributed by atoms with van der Waals surface area (Å²) in [4.78, 5) is 87.4. The molecule has 52 heavy (non-hydrogen) atoms. The Morgan fingerprint density at radius 2 is 1.40 bits per heavy atom. The van der Waals surface area contributed by atoms with E-state index in [1.807, 2.05) is 0 Å². The van der Waals surface area contributed by atoms with Crippen molar-refractivity contribution < 1.29 is 38.3 Å². The van der Waals surface area contributed by atoms with E-state index in [9.17, 15) is 33.6 Å². The molecule has 0 aromatic heterocycles. The van der Waals surface area contributed by atoms with E-state index in [0.717, 1.165) is 10.5 Å². The number of carbonyl (C=O) groups excluding carboxylic acids is 7. The Morgan fingerprint density at radius 3 is 2.00 bits per heavy atom. The minimum atomic E-state index is -1.02. The monoisotopic (exact) mass is 739 g/mol. The van der Waals surface area contributed by atoms with Crippen LogP contribution in [0.15, 0.2) is 60.7 Å². The van der Waals surface area contributed by atoms with Gasteiger partial charge in [0.05, 0.1) is 0 Å². The summed E-state index contributed by atoms with van der Waals surface area (Å²) in [5, 5.41) is 13.4. The van der Waals surface area contributed by atoms with Gasteiger partial charge in [-0.15, -0.1) is 11.6 Å². The molecule has 2 aromatic rings. The molecule has 0 unspecified atom stereocenters. The van der Waals surface area contributed by atoms with Crippen LogP contribution < -0.4 is 32.3 Å². The summed E-state index contributed by atoms with van der Waals surface area (Å²) in [6.45, 7) is 3.96. The van der Waals surface area contributed by atoms with E-state index in [2.05, 4.69) is 26.6 Å². The molecule has 0 bridgehead atoms. The van der Waals surface area contributed by atoms with Crippen LogP contribution in [0.2, 0.25) is 0 Å². The molecule has 0 fully saturated rings. The maximum Gasteiger partial charge on any atom is 0.411 e. The first-order valence-electron chi connectivity index (χ1n) is 17.0. The predicted molar refractivity (Wildman–Crippen MR) is 195 cm³/mol. The van der Waals surface area contributed by atoms with E-state index < -0.39 is 36.0 Å². The fraction of sp³-hybridized carbons (Fsp3) is 0.417. The quantitative estimate of drug-likeness (QED) is 0.0667. The molecule has 0 saturated heterocycles. The van der Waals surface area contributed by atoms with Crippen molar-refractivity contribution in [3.05, 3.63) is 71.8 Å². The highest BCUT2D eigenvalue weighted by atomic mass is 35.5. The molecular formula is C36H46ClN7O8. The van der Waals surface area contributed by atoms with Gasteiger partial charge < -0.3 is 31.7 Å². The Morgan fingerprint density at radius 1 is 0.788 bits per heavy atom. The molecular weight excluding hydrogens is 694 g/mol. The van der Waals surface area contributed by atoms with E-state index in [-0.39, 0.29) is 56.2 Å². The maximum atomic E-state index is 13.4. The molecule has 7 N–H and O–H groups in total. The summed E-state index contributed by atoms with van der Waals surface area (Å²) in [6, 6.07) is 11.0. The van der Waals surface area contributed by atoms with E-state index in [0.29, 0.717) is 48.5 Å². The van der Waals surface area contributed by atoms with Crippen LogP contribution in [0.25, 0.3) is 0 Å². The van der Waals surface area contributed by atoms with Crippen molar-refractivity contribution >= 4 is 64.6 Å². The molecule has 1 aliphatic heterocycles. The maximum absolute atomic E-state index is 13.4. The Bertz CT molecular complexity index is 1580. The zero-order valence-corrected chi connectivity index (χ0v) is 30.0. The van der Waals surface area contributed by atoms with Gasteiger partial charge in [0.2, 0.25) is 17.7 Å². The molecule has 280 valence electrons. The number of halogens is 1. The number of hydrogen-bond acceptors (Lipinski definition) is 8. The molecule has 0 saturated carbocycles. The number of rotatable bonds is 20. The fourth-order valence-electron chi connectivity index (χ4n) is 5.11. The molecule has 0 radical (unpaired) electrons. The number of urea groups is 1. The van der Waals surface area contributed by atoms with Crippen LogP contribution in [-0.4, -0.2) is 71.7 Å². The zero-order valence-electron chi connectivity index (χ0n) is 29.2. The second kappa shape index (κ2) is 21.0. The molecule has 0 spiro atoms. The number of nitrogens with two attached hydrogens (primary N) is 1. The predicted octanol–water partition coefficient (Wildman–Crippen LogP) is 3.67. The number of nitrogens with one attached hydrogen (secondary N) is 5. The summed E-state index contributed by atoms with van der Waals surface area (Å²) in [5.41, 5.74) is 7.72. The standard InChI is InChI=1S/C36H46ClN7O8/c1-23(2)32(43-29(45)8-4-3-5-20-44-30(46)17-18-31(44)47)34(49)42-28(7-6-19-39-35(38)50)33(48)40-26-15-11-25(12-16-26)22-52-36(51)41-27-13-9-24(21-37)10-14-27/h9-18,23,28,32H,3-8,19-22H2,1-2H3,(H,40,48)(H,41,51)(H,42,49)(H,43,45)(H3,38,39,50)/t28-,32-/m0/s1. The van der Waals surface area contributed by atoms with Crippen molar-refractivity contribution in [2.45, 2.75) is 76.9 Å². The molecule has 0 aliphatic carbocycles. The first kappa shape index (κ1) is 41.0. The number of alkyl halides is 1. The lowest BCUT2D eigenvalue weighted by atomic mass is 10.0. The first-order chi connectivity index (χ1) is 24.9. The first-order valence-corrected chi connectivity index (χ1v) is 17.5. The Balaban J connectivity index is 1.51. The third kappa shape index (κ3) is 14.1. The van der Waals surface area contributed by atoms with Crippen LogP contribution in [0.5, 0.6) is 0 Å². The lowest BCUT2D eigenvalue weighted by Gasteiger charge is -2.25. The number of carbonyl (C=O) groups is 7. The van der Waals surface area contributed by atoms with Gasteiger partial charge in [-0.25, -0.2) is 9.59 Å². The van der Waals surface area contributed by atoms with Crippen LogP contribution in [0.1, 0.15) is 63.5 Å². The highest BCUT2D eigenvalue weighted by Gasteiger charge is 2.29. The van der Waals surface area contributed by atoms with Crippen LogP contribution in [0, 0.1) is 5.92 Å². The second-order valence-corrected chi connectivity index (χ2v) is 12.7. The number of primary amides is 1. The van der Waals surface area contributed by atoms with E-state index in [4.69, 9.17) is 22.1 Å². The van der Waals surface area contributed by atoms with Gasteiger partial charge in [-0.3, -0.25) is 34.2 Å². The van der Waals surface area contributed by atoms with Gasteiger partial charge in [0.1, 0.15) is 18.7 Å². The van der Waals surface area contributed by atoms with Gasteiger partial charge in [-0.2, -0.15) is 0 Å². The summed E-state index contributed by atoms with van der Waals surface area (Å²) >= 11 is 5.79.